The Balaban J connectivity index is 2.37. The molecule has 0 bridgehead atoms. The van der Waals surface area contributed by atoms with Gasteiger partial charge in [0.1, 0.15) is 0 Å². The highest BCUT2D eigenvalue weighted by molar-refractivity contribution is 4.79. The van der Waals surface area contributed by atoms with Gasteiger partial charge in [0, 0.05) is 26.2 Å². The van der Waals surface area contributed by atoms with Crippen molar-refractivity contribution in [2.24, 2.45) is 11.8 Å². The summed E-state index contributed by atoms with van der Waals surface area (Å²) in [4.78, 5) is 2.61. The molecule has 1 aliphatic rings. The Labute approximate surface area is 107 Å². The molecule has 3 nitrogen and oxygen atoms in total. The van der Waals surface area contributed by atoms with Crippen LogP contribution in [0.15, 0.2) is 0 Å². The van der Waals surface area contributed by atoms with Gasteiger partial charge in [-0.25, -0.2) is 0 Å². The van der Waals surface area contributed by atoms with Gasteiger partial charge in [0.2, 0.25) is 0 Å². The van der Waals surface area contributed by atoms with E-state index in [1.54, 1.807) is 0 Å². The van der Waals surface area contributed by atoms with Crippen molar-refractivity contribution in [1.82, 2.24) is 10.2 Å². The summed E-state index contributed by atoms with van der Waals surface area (Å²) in [5.74, 6) is 1.45. The molecule has 0 aromatic carbocycles. The van der Waals surface area contributed by atoms with Crippen LogP contribution in [0.3, 0.4) is 0 Å². The van der Waals surface area contributed by atoms with E-state index >= 15 is 0 Å². The summed E-state index contributed by atoms with van der Waals surface area (Å²) < 4.78 is 5.29. The second-order valence-electron chi connectivity index (χ2n) is 5.63. The molecule has 1 heterocycles. The van der Waals surface area contributed by atoms with Gasteiger partial charge < -0.3 is 15.0 Å². The molecule has 1 N–H and O–H groups in total. The molecule has 0 aromatic rings. The van der Waals surface area contributed by atoms with Crippen LogP contribution in [0.5, 0.6) is 0 Å². The first-order valence-electron chi connectivity index (χ1n) is 7.12. The number of ether oxygens (including phenoxy) is 1. The Morgan fingerprint density at radius 3 is 2.76 bits per heavy atom. The monoisotopic (exact) mass is 242 g/mol. The Bertz CT molecular complexity index is 195. The second-order valence-corrected chi connectivity index (χ2v) is 5.63. The van der Waals surface area contributed by atoms with Crippen LogP contribution in [-0.4, -0.2) is 50.8 Å². The minimum atomic E-state index is 0.626. The third-order valence-corrected chi connectivity index (χ3v) is 3.73. The molecule has 102 valence electrons. The lowest BCUT2D eigenvalue weighted by Crippen LogP contribution is -2.47. The first kappa shape index (κ1) is 14.9. The molecule has 0 radical (unpaired) electrons. The second kappa shape index (κ2) is 8.06. The average molecular weight is 242 g/mol. The quantitative estimate of drug-likeness (QED) is 0.739. The SMILES string of the molecule is CCNC(CN1CCCC(COC)C1)C(C)C. The lowest BCUT2D eigenvalue weighted by Gasteiger charge is -2.36. The Morgan fingerprint density at radius 1 is 1.41 bits per heavy atom. The fourth-order valence-corrected chi connectivity index (χ4v) is 2.74. The van der Waals surface area contributed by atoms with Gasteiger partial charge in [0.05, 0.1) is 6.61 Å². The lowest BCUT2D eigenvalue weighted by atomic mass is 9.97. The molecule has 0 spiro atoms. The molecule has 1 rings (SSSR count). The maximum absolute atomic E-state index is 5.29. The van der Waals surface area contributed by atoms with E-state index < -0.39 is 0 Å². The third-order valence-electron chi connectivity index (χ3n) is 3.73. The summed E-state index contributed by atoms with van der Waals surface area (Å²) in [6.07, 6.45) is 2.66. The molecule has 0 aliphatic carbocycles. The van der Waals surface area contributed by atoms with Crippen LogP contribution in [-0.2, 0) is 4.74 Å². The predicted molar refractivity (Wildman–Crippen MR) is 73.3 cm³/mol. The standard InChI is InChI=1S/C14H30N2O/c1-5-15-14(12(2)3)10-16-8-6-7-13(9-16)11-17-4/h12-15H,5-11H2,1-4H3. The van der Waals surface area contributed by atoms with Crippen molar-refractivity contribution in [3.8, 4) is 0 Å². The summed E-state index contributed by atoms with van der Waals surface area (Å²) in [5.41, 5.74) is 0. The fourth-order valence-electron chi connectivity index (χ4n) is 2.74. The van der Waals surface area contributed by atoms with Crippen molar-refractivity contribution >= 4 is 0 Å². The van der Waals surface area contributed by atoms with Gasteiger partial charge >= 0.3 is 0 Å². The van der Waals surface area contributed by atoms with E-state index in [9.17, 15) is 0 Å². The molecule has 0 saturated carbocycles. The number of nitrogens with zero attached hydrogens (tertiary/aromatic N) is 1. The molecule has 0 amide bonds. The molecular weight excluding hydrogens is 212 g/mol. The van der Waals surface area contributed by atoms with Crippen LogP contribution in [0, 0.1) is 11.8 Å². The van der Waals surface area contributed by atoms with Gasteiger partial charge in [-0.05, 0) is 37.8 Å². The van der Waals surface area contributed by atoms with Gasteiger partial charge in [0.15, 0.2) is 0 Å². The van der Waals surface area contributed by atoms with Crippen LogP contribution in [0.4, 0.5) is 0 Å². The lowest BCUT2D eigenvalue weighted by molar-refractivity contribution is 0.0825. The zero-order chi connectivity index (χ0) is 12.7. The molecule has 1 aliphatic heterocycles. The number of hydrogen-bond donors (Lipinski definition) is 1. The van der Waals surface area contributed by atoms with E-state index in [-0.39, 0.29) is 0 Å². The van der Waals surface area contributed by atoms with E-state index in [2.05, 4.69) is 31.0 Å². The summed E-state index contributed by atoms with van der Waals surface area (Å²) in [6, 6.07) is 0.626. The number of rotatable bonds is 7. The first-order valence-corrected chi connectivity index (χ1v) is 7.12. The summed E-state index contributed by atoms with van der Waals surface area (Å²) in [7, 11) is 1.81. The number of likely N-dealkylation sites (N-methyl/N-ethyl adjacent to an activating group) is 1. The van der Waals surface area contributed by atoms with E-state index in [1.807, 2.05) is 7.11 Å². The molecule has 2 atom stereocenters. The Morgan fingerprint density at radius 2 is 2.18 bits per heavy atom. The molecule has 0 aromatic heterocycles. The number of likely N-dealkylation sites (tertiary alicyclic amines) is 1. The zero-order valence-electron chi connectivity index (χ0n) is 12.0. The average Bonchev–Trinajstić information content (AvgIpc) is 2.29. The van der Waals surface area contributed by atoms with Crippen molar-refractivity contribution in [2.75, 3.05) is 39.9 Å². The first-order chi connectivity index (χ1) is 8.17. The highest BCUT2D eigenvalue weighted by atomic mass is 16.5. The van der Waals surface area contributed by atoms with Crippen molar-refractivity contribution in [2.45, 2.75) is 39.7 Å². The van der Waals surface area contributed by atoms with E-state index in [1.165, 1.54) is 32.5 Å². The number of hydrogen-bond acceptors (Lipinski definition) is 3. The molecular formula is C14H30N2O. The van der Waals surface area contributed by atoms with Gasteiger partial charge in [-0.2, -0.15) is 0 Å². The Hall–Kier alpha value is -0.120. The van der Waals surface area contributed by atoms with Crippen molar-refractivity contribution in [3.63, 3.8) is 0 Å². The molecule has 1 fully saturated rings. The van der Waals surface area contributed by atoms with Gasteiger partial charge in [-0.1, -0.05) is 20.8 Å². The highest BCUT2D eigenvalue weighted by Crippen LogP contribution is 2.17. The third kappa shape index (κ3) is 5.36. The van der Waals surface area contributed by atoms with Crippen LogP contribution >= 0.6 is 0 Å². The summed E-state index contributed by atoms with van der Waals surface area (Å²) in [6.45, 7) is 12.5. The fraction of sp³-hybridized carbons (Fsp3) is 1.00. The van der Waals surface area contributed by atoms with E-state index in [0.717, 1.165) is 19.1 Å². The van der Waals surface area contributed by atoms with Gasteiger partial charge in [-0.3, -0.25) is 0 Å². The van der Waals surface area contributed by atoms with E-state index in [0.29, 0.717) is 12.0 Å². The van der Waals surface area contributed by atoms with Crippen LogP contribution in [0.25, 0.3) is 0 Å². The largest absolute Gasteiger partial charge is 0.384 e. The minimum Gasteiger partial charge on any atom is -0.384 e. The van der Waals surface area contributed by atoms with Crippen LogP contribution in [0.1, 0.15) is 33.6 Å². The van der Waals surface area contributed by atoms with Gasteiger partial charge in [0.25, 0.3) is 0 Å². The highest BCUT2D eigenvalue weighted by Gasteiger charge is 2.23. The number of nitrogens with one attached hydrogen (secondary N) is 1. The number of methoxy groups -OCH3 is 1. The molecule has 3 heteroatoms. The smallest absolute Gasteiger partial charge is 0.0502 e. The summed E-state index contributed by atoms with van der Waals surface area (Å²) in [5, 5.41) is 3.60. The Kier molecular flexibility index (Phi) is 7.09. The van der Waals surface area contributed by atoms with Crippen LogP contribution < -0.4 is 5.32 Å². The molecule has 2 unspecified atom stereocenters. The normalized spacial score (nSPS) is 24.2. The van der Waals surface area contributed by atoms with Crippen molar-refractivity contribution < 1.29 is 4.74 Å². The molecule has 17 heavy (non-hydrogen) atoms. The number of piperidine rings is 1. The van der Waals surface area contributed by atoms with E-state index in [4.69, 9.17) is 4.74 Å². The predicted octanol–water partition coefficient (Wildman–Crippen LogP) is 1.98. The van der Waals surface area contributed by atoms with Gasteiger partial charge in [-0.15, -0.1) is 0 Å². The topological polar surface area (TPSA) is 24.5 Å². The minimum absolute atomic E-state index is 0.626. The van der Waals surface area contributed by atoms with Crippen molar-refractivity contribution in [1.29, 1.82) is 0 Å². The maximum atomic E-state index is 5.29. The summed E-state index contributed by atoms with van der Waals surface area (Å²) >= 11 is 0. The van der Waals surface area contributed by atoms with Crippen LogP contribution in [0.2, 0.25) is 0 Å². The zero-order valence-corrected chi connectivity index (χ0v) is 12.0. The molecule has 1 saturated heterocycles. The van der Waals surface area contributed by atoms with Crippen molar-refractivity contribution in [3.05, 3.63) is 0 Å². The maximum Gasteiger partial charge on any atom is 0.0502 e.